The molecule has 2 aromatic carbocycles. The Bertz CT molecular complexity index is 594. The first-order chi connectivity index (χ1) is 9.70. The summed E-state index contributed by atoms with van der Waals surface area (Å²) in [4.78, 5) is 12.2. The normalized spacial score (nSPS) is 9.85. The highest BCUT2D eigenvalue weighted by molar-refractivity contribution is 7.81. The highest BCUT2D eigenvalue weighted by atomic mass is 32.1. The van der Waals surface area contributed by atoms with Crippen LogP contribution >= 0.6 is 12.2 Å². The number of hydrogen-bond donors (Lipinski definition) is 1. The molecule has 0 saturated carbocycles. The van der Waals surface area contributed by atoms with Crippen molar-refractivity contribution in [2.75, 3.05) is 11.9 Å². The lowest BCUT2D eigenvalue weighted by Gasteiger charge is -2.08. The van der Waals surface area contributed by atoms with Gasteiger partial charge < -0.3 is 10.1 Å². The second kappa shape index (κ2) is 6.82. The zero-order chi connectivity index (χ0) is 14.4. The number of carbonyl (C=O) groups excluding carboxylic acids is 1. The van der Waals surface area contributed by atoms with E-state index in [1.165, 1.54) is 0 Å². The molecule has 0 atom stereocenters. The van der Waals surface area contributed by atoms with Crippen molar-refractivity contribution in [1.29, 1.82) is 0 Å². The number of nitrogens with one attached hydrogen (secondary N) is 1. The Morgan fingerprint density at radius 2 is 1.70 bits per heavy atom. The molecule has 3 nitrogen and oxygen atoms in total. The molecule has 0 aliphatic heterocycles. The summed E-state index contributed by atoms with van der Waals surface area (Å²) in [5.74, 6) is -0.315. The van der Waals surface area contributed by atoms with Crippen LogP contribution in [-0.4, -0.2) is 17.6 Å². The lowest BCUT2D eigenvalue weighted by Crippen LogP contribution is -2.10. The minimum absolute atomic E-state index is 0.315. The van der Waals surface area contributed by atoms with Crippen LogP contribution < -0.4 is 5.32 Å². The quantitative estimate of drug-likeness (QED) is 0.687. The summed E-state index contributed by atoms with van der Waals surface area (Å²) in [6, 6.07) is 16.8. The van der Waals surface area contributed by atoms with Crippen LogP contribution in [0, 0.1) is 0 Å². The fourth-order valence-electron chi connectivity index (χ4n) is 1.70. The molecule has 0 heterocycles. The maximum Gasteiger partial charge on any atom is 0.338 e. The second-order valence-corrected chi connectivity index (χ2v) is 4.53. The van der Waals surface area contributed by atoms with E-state index in [0.717, 1.165) is 11.3 Å². The molecule has 20 heavy (non-hydrogen) atoms. The number of ether oxygens (including phenoxy) is 1. The molecular formula is C16H15NO2S. The minimum atomic E-state index is -0.315. The Balaban J connectivity index is 2.04. The molecule has 2 aromatic rings. The van der Waals surface area contributed by atoms with Crippen molar-refractivity contribution < 1.29 is 9.53 Å². The van der Waals surface area contributed by atoms with Crippen molar-refractivity contribution in [2.24, 2.45) is 0 Å². The first-order valence-electron chi connectivity index (χ1n) is 6.34. The molecule has 0 aliphatic rings. The van der Waals surface area contributed by atoms with Gasteiger partial charge in [-0.15, -0.1) is 0 Å². The van der Waals surface area contributed by atoms with Crippen LogP contribution in [0.2, 0.25) is 0 Å². The third kappa shape index (κ3) is 3.65. The summed E-state index contributed by atoms with van der Waals surface area (Å²) in [7, 11) is 0. The first kappa shape index (κ1) is 14.2. The van der Waals surface area contributed by atoms with Crippen LogP contribution in [0.1, 0.15) is 22.8 Å². The van der Waals surface area contributed by atoms with Gasteiger partial charge >= 0.3 is 5.97 Å². The molecule has 0 amide bonds. The molecule has 0 saturated heterocycles. The molecule has 1 N–H and O–H groups in total. The zero-order valence-electron chi connectivity index (χ0n) is 11.1. The van der Waals surface area contributed by atoms with Crippen LogP contribution in [0.4, 0.5) is 5.69 Å². The first-order valence-corrected chi connectivity index (χ1v) is 6.75. The van der Waals surface area contributed by atoms with Crippen molar-refractivity contribution in [1.82, 2.24) is 0 Å². The fourth-order valence-corrected chi connectivity index (χ4v) is 1.95. The molecule has 0 radical (unpaired) electrons. The summed E-state index contributed by atoms with van der Waals surface area (Å²) in [5.41, 5.74) is 2.33. The monoisotopic (exact) mass is 285 g/mol. The molecule has 0 aromatic heterocycles. The van der Waals surface area contributed by atoms with E-state index in [-0.39, 0.29) is 5.97 Å². The van der Waals surface area contributed by atoms with E-state index in [1.807, 2.05) is 42.5 Å². The summed E-state index contributed by atoms with van der Waals surface area (Å²) in [6.45, 7) is 2.16. The van der Waals surface area contributed by atoms with Gasteiger partial charge in [-0.05, 0) is 31.2 Å². The van der Waals surface area contributed by atoms with Crippen LogP contribution in [0.25, 0.3) is 0 Å². The fraction of sp³-hybridized carbons (Fsp3) is 0.125. The average Bonchev–Trinajstić information content (AvgIpc) is 2.49. The lowest BCUT2D eigenvalue weighted by atomic mass is 10.2. The van der Waals surface area contributed by atoms with Gasteiger partial charge in [0.2, 0.25) is 0 Å². The van der Waals surface area contributed by atoms with E-state index in [0.29, 0.717) is 17.2 Å². The number of carbonyl (C=O) groups is 1. The molecular weight excluding hydrogens is 270 g/mol. The van der Waals surface area contributed by atoms with Crippen molar-refractivity contribution in [3.63, 3.8) is 0 Å². The summed E-state index contributed by atoms with van der Waals surface area (Å²) in [5, 5.41) is 3.14. The van der Waals surface area contributed by atoms with Crippen LogP contribution in [0.5, 0.6) is 0 Å². The summed E-state index contributed by atoms with van der Waals surface area (Å²) >= 11 is 5.33. The SMILES string of the molecule is CCOC(=O)c1ccc(NC(=S)c2ccccc2)cc1. The number of hydrogen-bond acceptors (Lipinski definition) is 3. The molecule has 4 heteroatoms. The number of anilines is 1. The molecule has 0 unspecified atom stereocenters. The predicted molar refractivity (Wildman–Crippen MR) is 84.2 cm³/mol. The average molecular weight is 285 g/mol. The Kier molecular flexibility index (Phi) is 4.85. The number of benzene rings is 2. The van der Waals surface area contributed by atoms with E-state index in [1.54, 1.807) is 19.1 Å². The summed E-state index contributed by atoms with van der Waals surface area (Å²) < 4.78 is 4.93. The molecule has 0 bridgehead atoms. The van der Waals surface area contributed by atoms with Gasteiger partial charge in [-0.1, -0.05) is 42.5 Å². The van der Waals surface area contributed by atoms with Crippen LogP contribution in [-0.2, 0) is 4.74 Å². The van der Waals surface area contributed by atoms with E-state index < -0.39 is 0 Å². The van der Waals surface area contributed by atoms with Gasteiger partial charge in [-0.3, -0.25) is 0 Å². The third-order valence-corrected chi connectivity index (χ3v) is 3.03. The Morgan fingerprint density at radius 3 is 2.30 bits per heavy atom. The highest BCUT2D eigenvalue weighted by Crippen LogP contribution is 2.12. The molecule has 0 spiro atoms. The van der Waals surface area contributed by atoms with Gasteiger partial charge in [0.25, 0.3) is 0 Å². The van der Waals surface area contributed by atoms with Crippen molar-refractivity contribution in [2.45, 2.75) is 6.92 Å². The van der Waals surface area contributed by atoms with Crippen molar-refractivity contribution >= 4 is 28.9 Å². The van der Waals surface area contributed by atoms with Crippen molar-refractivity contribution in [3.8, 4) is 0 Å². The van der Waals surface area contributed by atoms with Gasteiger partial charge in [0.05, 0.1) is 12.2 Å². The Hall–Kier alpha value is -2.20. The number of thiocarbonyl (C=S) groups is 1. The van der Waals surface area contributed by atoms with E-state index in [4.69, 9.17) is 17.0 Å². The van der Waals surface area contributed by atoms with E-state index in [9.17, 15) is 4.79 Å². The van der Waals surface area contributed by atoms with Gasteiger partial charge in [0.1, 0.15) is 4.99 Å². The second-order valence-electron chi connectivity index (χ2n) is 4.12. The molecule has 2 rings (SSSR count). The smallest absolute Gasteiger partial charge is 0.338 e. The maximum absolute atomic E-state index is 11.5. The van der Waals surface area contributed by atoms with Crippen LogP contribution in [0.15, 0.2) is 54.6 Å². The maximum atomic E-state index is 11.5. The molecule has 102 valence electrons. The highest BCUT2D eigenvalue weighted by Gasteiger charge is 2.06. The van der Waals surface area contributed by atoms with Gasteiger partial charge in [0, 0.05) is 11.3 Å². The Morgan fingerprint density at radius 1 is 1.05 bits per heavy atom. The van der Waals surface area contributed by atoms with Crippen molar-refractivity contribution in [3.05, 3.63) is 65.7 Å². The zero-order valence-corrected chi connectivity index (χ0v) is 11.9. The predicted octanol–water partition coefficient (Wildman–Crippen LogP) is 3.65. The summed E-state index contributed by atoms with van der Waals surface area (Å²) in [6.07, 6.45) is 0. The van der Waals surface area contributed by atoms with E-state index in [2.05, 4.69) is 5.32 Å². The van der Waals surface area contributed by atoms with E-state index >= 15 is 0 Å². The van der Waals surface area contributed by atoms with Gasteiger partial charge in [-0.25, -0.2) is 4.79 Å². The number of rotatable bonds is 4. The minimum Gasteiger partial charge on any atom is -0.462 e. The Labute approximate surface area is 123 Å². The van der Waals surface area contributed by atoms with Gasteiger partial charge in [-0.2, -0.15) is 0 Å². The number of esters is 1. The topological polar surface area (TPSA) is 38.3 Å². The molecule has 0 aliphatic carbocycles. The largest absolute Gasteiger partial charge is 0.462 e. The van der Waals surface area contributed by atoms with Gasteiger partial charge in [0.15, 0.2) is 0 Å². The molecule has 0 fully saturated rings. The third-order valence-electron chi connectivity index (χ3n) is 2.69. The lowest BCUT2D eigenvalue weighted by molar-refractivity contribution is 0.0526. The standard InChI is InChI=1S/C16H15NO2S/c1-2-19-16(18)13-8-10-14(11-9-13)17-15(20)12-6-4-3-5-7-12/h3-11H,2H2,1H3,(H,17,20). The van der Waals surface area contributed by atoms with Crippen LogP contribution in [0.3, 0.4) is 0 Å².